The fourth-order valence-corrected chi connectivity index (χ4v) is 4.67. The summed E-state index contributed by atoms with van der Waals surface area (Å²) in [6, 6.07) is 0.443. The van der Waals surface area contributed by atoms with Crippen molar-refractivity contribution in [2.24, 2.45) is 11.8 Å². The van der Waals surface area contributed by atoms with E-state index in [4.69, 9.17) is 0 Å². The Kier molecular flexibility index (Phi) is 2.15. The fourth-order valence-electron chi connectivity index (χ4n) is 3.11. The predicted octanol–water partition coefficient (Wildman–Crippen LogP) is 0.417. The van der Waals surface area contributed by atoms with E-state index < -0.39 is 9.84 Å². The van der Waals surface area contributed by atoms with Crippen LogP contribution in [0.4, 0.5) is 0 Å². The molecule has 2 saturated carbocycles. The smallest absolute Gasteiger partial charge is 0.150 e. The fraction of sp³-hybridized carbons (Fsp3) is 1.00. The van der Waals surface area contributed by atoms with Crippen LogP contribution in [0.5, 0.6) is 0 Å². The van der Waals surface area contributed by atoms with Gasteiger partial charge in [0.15, 0.2) is 9.84 Å². The SMILES string of the molecule is CNC1CC2CC1C(S(C)(=O)=O)C2. The molecule has 2 bridgehead atoms. The molecule has 4 atom stereocenters. The normalized spacial score (nSPS) is 44.2. The molecule has 1 N–H and O–H groups in total. The Balaban J connectivity index is 2.19. The molecule has 0 amide bonds. The van der Waals surface area contributed by atoms with Crippen molar-refractivity contribution >= 4 is 9.84 Å². The van der Waals surface area contributed by atoms with Crippen LogP contribution in [0.25, 0.3) is 0 Å². The standard InChI is InChI=1S/C9H17NO2S/c1-10-8-4-6-3-7(8)9(5-6)13(2,11)12/h6-10H,3-5H2,1-2H3. The molecule has 2 rings (SSSR count). The highest BCUT2D eigenvalue weighted by atomic mass is 32.2. The summed E-state index contributed by atoms with van der Waals surface area (Å²) in [5.74, 6) is 1.03. The molecule has 2 aliphatic carbocycles. The minimum absolute atomic E-state index is 0.0660. The number of sulfone groups is 1. The third-order valence-corrected chi connectivity index (χ3v) is 5.32. The van der Waals surface area contributed by atoms with Crippen LogP contribution in [0.15, 0.2) is 0 Å². The van der Waals surface area contributed by atoms with E-state index in [1.165, 1.54) is 12.7 Å². The van der Waals surface area contributed by atoms with Crippen molar-refractivity contribution in [2.45, 2.75) is 30.6 Å². The lowest BCUT2D eigenvalue weighted by atomic mass is 9.95. The molecule has 0 radical (unpaired) electrons. The van der Waals surface area contributed by atoms with Gasteiger partial charge in [-0.3, -0.25) is 0 Å². The number of hydrogen-bond donors (Lipinski definition) is 1. The quantitative estimate of drug-likeness (QED) is 0.707. The lowest BCUT2D eigenvalue weighted by Crippen LogP contribution is -2.40. The lowest BCUT2D eigenvalue weighted by molar-refractivity contribution is 0.370. The summed E-state index contributed by atoms with van der Waals surface area (Å²) in [5, 5.41) is 3.17. The third-order valence-electron chi connectivity index (χ3n) is 3.67. The van der Waals surface area contributed by atoms with Crippen molar-refractivity contribution < 1.29 is 8.42 Å². The molecule has 0 heterocycles. The molecule has 4 unspecified atom stereocenters. The van der Waals surface area contributed by atoms with Crippen LogP contribution in [0.3, 0.4) is 0 Å². The minimum Gasteiger partial charge on any atom is -0.317 e. The van der Waals surface area contributed by atoms with Gasteiger partial charge < -0.3 is 5.32 Å². The van der Waals surface area contributed by atoms with Gasteiger partial charge in [-0.2, -0.15) is 0 Å². The zero-order valence-corrected chi connectivity index (χ0v) is 8.97. The van der Waals surface area contributed by atoms with Crippen LogP contribution in [0, 0.1) is 11.8 Å². The topological polar surface area (TPSA) is 46.2 Å². The van der Waals surface area contributed by atoms with Gasteiger partial charge in [0.25, 0.3) is 0 Å². The summed E-state index contributed by atoms with van der Waals surface area (Å²) in [6.07, 6.45) is 4.57. The van der Waals surface area contributed by atoms with Crippen molar-refractivity contribution in [3.05, 3.63) is 0 Å². The maximum absolute atomic E-state index is 11.5. The van der Waals surface area contributed by atoms with Crippen LogP contribution in [0.2, 0.25) is 0 Å². The van der Waals surface area contributed by atoms with Gasteiger partial charge in [-0.15, -0.1) is 0 Å². The molecular weight excluding hydrogens is 186 g/mol. The predicted molar refractivity (Wildman–Crippen MR) is 52.3 cm³/mol. The molecule has 0 saturated heterocycles. The Hall–Kier alpha value is -0.0900. The van der Waals surface area contributed by atoms with Gasteiger partial charge in [0.1, 0.15) is 0 Å². The minimum atomic E-state index is -2.82. The van der Waals surface area contributed by atoms with Crippen LogP contribution in [-0.4, -0.2) is 33.0 Å². The van der Waals surface area contributed by atoms with Crippen molar-refractivity contribution in [2.75, 3.05) is 13.3 Å². The average Bonchev–Trinajstić information content (AvgIpc) is 2.59. The molecule has 0 aromatic heterocycles. The van der Waals surface area contributed by atoms with Crippen LogP contribution in [0.1, 0.15) is 19.3 Å². The zero-order chi connectivity index (χ0) is 9.64. The molecule has 0 aliphatic heterocycles. The Morgan fingerprint density at radius 1 is 1.23 bits per heavy atom. The van der Waals surface area contributed by atoms with Gasteiger partial charge in [0.05, 0.1) is 5.25 Å². The second-order valence-electron chi connectivity index (χ2n) is 4.50. The summed E-state index contributed by atoms with van der Waals surface area (Å²) in [6.45, 7) is 0. The maximum Gasteiger partial charge on any atom is 0.150 e. The molecule has 0 aromatic carbocycles. The van der Waals surface area contributed by atoms with Gasteiger partial charge in [0.2, 0.25) is 0 Å². The highest BCUT2D eigenvalue weighted by Crippen LogP contribution is 2.47. The van der Waals surface area contributed by atoms with E-state index in [1.54, 1.807) is 0 Å². The first-order valence-corrected chi connectivity index (χ1v) is 6.84. The molecule has 0 aromatic rings. The van der Waals surface area contributed by atoms with Crippen LogP contribution in [-0.2, 0) is 9.84 Å². The van der Waals surface area contributed by atoms with Crippen LogP contribution >= 0.6 is 0 Å². The second kappa shape index (κ2) is 2.95. The molecule has 4 heteroatoms. The monoisotopic (exact) mass is 203 g/mol. The summed E-state index contributed by atoms with van der Waals surface area (Å²) in [7, 11) is -0.881. The molecule has 76 valence electrons. The van der Waals surface area contributed by atoms with Gasteiger partial charge in [-0.1, -0.05) is 0 Å². The Morgan fingerprint density at radius 3 is 2.38 bits per heavy atom. The van der Waals surface area contributed by atoms with E-state index in [9.17, 15) is 8.42 Å². The summed E-state index contributed by atoms with van der Waals surface area (Å²) >= 11 is 0. The number of nitrogens with one attached hydrogen (secondary N) is 1. The first-order valence-electron chi connectivity index (χ1n) is 4.88. The highest BCUT2D eigenvalue weighted by Gasteiger charge is 2.49. The van der Waals surface area contributed by atoms with E-state index in [0.717, 1.165) is 12.8 Å². The Labute approximate surface area is 79.8 Å². The van der Waals surface area contributed by atoms with E-state index >= 15 is 0 Å². The van der Waals surface area contributed by atoms with Crippen molar-refractivity contribution in [3.63, 3.8) is 0 Å². The van der Waals surface area contributed by atoms with Crippen molar-refractivity contribution in [1.82, 2.24) is 5.32 Å². The molecule has 13 heavy (non-hydrogen) atoms. The molecule has 0 spiro atoms. The van der Waals surface area contributed by atoms with Gasteiger partial charge in [-0.25, -0.2) is 8.42 Å². The van der Waals surface area contributed by atoms with Gasteiger partial charge in [0, 0.05) is 12.3 Å². The van der Waals surface area contributed by atoms with Gasteiger partial charge in [-0.05, 0) is 38.1 Å². The third kappa shape index (κ3) is 1.50. The first-order chi connectivity index (χ1) is 6.02. The highest BCUT2D eigenvalue weighted by molar-refractivity contribution is 7.91. The largest absolute Gasteiger partial charge is 0.317 e. The summed E-state index contributed by atoms with van der Waals surface area (Å²) < 4.78 is 22.9. The van der Waals surface area contributed by atoms with Crippen molar-refractivity contribution in [3.8, 4) is 0 Å². The lowest BCUT2D eigenvalue weighted by Gasteiger charge is -2.27. The average molecular weight is 203 g/mol. The first kappa shape index (κ1) is 9.46. The zero-order valence-electron chi connectivity index (χ0n) is 8.16. The van der Waals surface area contributed by atoms with Crippen LogP contribution < -0.4 is 5.32 Å². The molecule has 2 fully saturated rings. The van der Waals surface area contributed by atoms with E-state index in [1.807, 2.05) is 7.05 Å². The number of rotatable bonds is 2. The Bertz CT molecular complexity index is 299. The van der Waals surface area contributed by atoms with E-state index in [2.05, 4.69) is 5.32 Å². The molecular formula is C9H17NO2S. The van der Waals surface area contributed by atoms with E-state index in [0.29, 0.717) is 17.9 Å². The van der Waals surface area contributed by atoms with Gasteiger partial charge >= 0.3 is 0 Å². The van der Waals surface area contributed by atoms with E-state index in [-0.39, 0.29) is 5.25 Å². The Morgan fingerprint density at radius 2 is 1.92 bits per heavy atom. The van der Waals surface area contributed by atoms with Crippen molar-refractivity contribution in [1.29, 1.82) is 0 Å². The number of hydrogen-bond acceptors (Lipinski definition) is 3. The summed E-state index contributed by atoms with van der Waals surface area (Å²) in [4.78, 5) is 0. The second-order valence-corrected chi connectivity index (χ2v) is 6.76. The maximum atomic E-state index is 11.5. The molecule has 3 nitrogen and oxygen atoms in total. The number of fused-ring (bicyclic) bond motifs is 2. The summed E-state index contributed by atoms with van der Waals surface area (Å²) in [5.41, 5.74) is 0. The molecule has 2 aliphatic rings.